The average molecular weight is 271 g/mol. The van der Waals surface area contributed by atoms with E-state index in [1.807, 2.05) is 6.07 Å². The van der Waals surface area contributed by atoms with E-state index in [4.69, 9.17) is 4.74 Å². The van der Waals surface area contributed by atoms with E-state index in [1.54, 1.807) is 24.3 Å². The molecule has 1 N–H and O–H groups in total. The molecule has 0 spiro atoms. The van der Waals surface area contributed by atoms with Crippen LogP contribution in [0, 0.1) is 0 Å². The highest BCUT2D eigenvalue weighted by atomic mass is 32.2. The van der Waals surface area contributed by atoms with Crippen LogP contribution in [0.2, 0.25) is 0 Å². The molecule has 0 saturated carbocycles. The average Bonchev–Trinajstić information content (AvgIpc) is 2.29. The van der Waals surface area contributed by atoms with Gasteiger partial charge in [-0.3, -0.25) is 4.79 Å². The molecule has 0 aliphatic carbocycles. The number of sulfone groups is 1. The molecule has 0 saturated heterocycles. The molecule has 18 heavy (non-hydrogen) atoms. The molecular weight excluding hydrogens is 254 g/mol. The second-order valence-corrected chi connectivity index (χ2v) is 5.93. The summed E-state index contributed by atoms with van der Waals surface area (Å²) in [6, 6.07) is 8.79. The molecule has 1 amide bonds. The molecule has 0 heterocycles. The van der Waals surface area contributed by atoms with Crippen LogP contribution < -0.4 is 5.32 Å². The van der Waals surface area contributed by atoms with Crippen LogP contribution in [0.3, 0.4) is 0 Å². The zero-order valence-electron chi connectivity index (χ0n) is 10.3. The molecule has 0 unspecified atom stereocenters. The summed E-state index contributed by atoms with van der Waals surface area (Å²) in [6.45, 7) is 0.681. The summed E-state index contributed by atoms with van der Waals surface area (Å²) in [7, 11) is -1.91. The van der Waals surface area contributed by atoms with E-state index in [9.17, 15) is 13.2 Å². The van der Waals surface area contributed by atoms with Gasteiger partial charge in [-0.1, -0.05) is 30.3 Å². The predicted molar refractivity (Wildman–Crippen MR) is 68.8 cm³/mol. The van der Waals surface area contributed by atoms with Gasteiger partial charge in [-0.15, -0.1) is 0 Å². The molecule has 6 heteroatoms. The lowest BCUT2D eigenvalue weighted by Crippen LogP contribution is -2.33. The molecule has 0 aromatic heterocycles. The van der Waals surface area contributed by atoms with E-state index in [2.05, 4.69) is 5.32 Å². The second kappa shape index (κ2) is 7.13. The lowest BCUT2D eigenvalue weighted by molar-refractivity contribution is -0.118. The van der Waals surface area contributed by atoms with Gasteiger partial charge < -0.3 is 10.1 Å². The third-order valence-electron chi connectivity index (χ3n) is 2.21. The fraction of sp³-hybridized carbons (Fsp3) is 0.417. The van der Waals surface area contributed by atoms with Crippen LogP contribution in [-0.4, -0.2) is 40.3 Å². The van der Waals surface area contributed by atoms with Crippen molar-refractivity contribution < 1.29 is 17.9 Å². The molecule has 0 atom stereocenters. The van der Waals surface area contributed by atoms with Crippen molar-refractivity contribution in [3.63, 3.8) is 0 Å². The van der Waals surface area contributed by atoms with Crippen LogP contribution in [0.1, 0.15) is 5.56 Å². The number of methoxy groups -OCH3 is 1. The Hall–Kier alpha value is -1.40. The Morgan fingerprint density at radius 3 is 2.56 bits per heavy atom. The maximum Gasteiger partial charge on any atom is 0.235 e. The van der Waals surface area contributed by atoms with Gasteiger partial charge in [0.2, 0.25) is 5.91 Å². The summed E-state index contributed by atoms with van der Waals surface area (Å²) < 4.78 is 28.3. The second-order valence-electron chi connectivity index (χ2n) is 3.86. The largest absolute Gasteiger partial charge is 0.383 e. The van der Waals surface area contributed by atoms with Crippen molar-refractivity contribution in [1.29, 1.82) is 0 Å². The van der Waals surface area contributed by atoms with E-state index in [0.29, 0.717) is 18.7 Å². The smallest absolute Gasteiger partial charge is 0.235 e. The van der Waals surface area contributed by atoms with Crippen LogP contribution in [-0.2, 0) is 25.1 Å². The van der Waals surface area contributed by atoms with Crippen molar-refractivity contribution in [2.75, 3.05) is 26.0 Å². The molecule has 0 fully saturated rings. The third kappa shape index (κ3) is 5.79. The molecule has 0 bridgehead atoms. The highest BCUT2D eigenvalue weighted by Gasteiger charge is 2.16. The first-order valence-electron chi connectivity index (χ1n) is 5.53. The van der Waals surface area contributed by atoms with Crippen LogP contribution in [0.4, 0.5) is 0 Å². The summed E-state index contributed by atoms with van der Waals surface area (Å²) in [5, 5.41) is 2.48. The molecule has 1 aromatic carbocycles. The number of hydrogen-bond acceptors (Lipinski definition) is 4. The number of amides is 1. The summed E-state index contributed by atoms with van der Waals surface area (Å²) in [4.78, 5) is 11.4. The van der Waals surface area contributed by atoms with Gasteiger partial charge in [-0.05, 0) is 5.56 Å². The minimum absolute atomic E-state index is 0.120. The normalized spacial score (nSPS) is 11.2. The first kappa shape index (κ1) is 14.7. The topological polar surface area (TPSA) is 72.5 Å². The number of carbonyl (C=O) groups is 1. The first-order valence-corrected chi connectivity index (χ1v) is 7.35. The van der Waals surface area contributed by atoms with Crippen molar-refractivity contribution in [1.82, 2.24) is 5.32 Å². The lowest BCUT2D eigenvalue weighted by Gasteiger charge is -2.06. The molecule has 100 valence electrons. The van der Waals surface area contributed by atoms with Gasteiger partial charge in [-0.25, -0.2) is 8.42 Å². The number of rotatable bonds is 7. The molecule has 0 aliphatic heterocycles. The molecule has 1 rings (SSSR count). The molecule has 1 aromatic rings. The minimum atomic E-state index is -3.42. The van der Waals surface area contributed by atoms with Crippen molar-refractivity contribution >= 4 is 15.7 Å². The number of ether oxygens (including phenoxy) is 1. The molecule has 5 nitrogen and oxygen atoms in total. The Bertz CT molecular complexity index is 470. The van der Waals surface area contributed by atoms with Crippen molar-refractivity contribution in [2.45, 2.75) is 5.75 Å². The van der Waals surface area contributed by atoms with Crippen molar-refractivity contribution in [2.24, 2.45) is 0 Å². The SMILES string of the molecule is COCCNC(=O)CS(=O)(=O)Cc1ccccc1. The van der Waals surface area contributed by atoms with E-state index < -0.39 is 21.5 Å². The number of nitrogens with one attached hydrogen (secondary N) is 1. The fourth-order valence-electron chi connectivity index (χ4n) is 1.42. The highest BCUT2D eigenvalue weighted by molar-refractivity contribution is 7.91. The lowest BCUT2D eigenvalue weighted by atomic mass is 10.2. The summed E-state index contributed by atoms with van der Waals surface area (Å²) >= 11 is 0. The molecule has 0 radical (unpaired) electrons. The summed E-state index contributed by atoms with van der Waals surface area (Å²) in [5.41, 5.74) is 0.683. The zero-order valence-corrected chi connectivity index (χ0v) is 11.1. The third-order valence-corrected chi connectivity index (χ3v) is 3.68. The Labute approximate surface area is 107 Å². The van der Waals surface area contributed by atoms with E-state index in [0.717, 1.165) is 0 Å². The van der Waals surface area contributed by atoms with Crippen LogP contribution in [0.25, 0.3) is 0 Å². The van der Waals surface area contributed by atoms with Gasteiger partial charge in [0, 0.05) is 13.7 Å². The number of hydrogen-bond donors (Lipinski definition) is 1. The molecular formula is C12H17NO4S. The van der Waals surface area contributed by atoms with Crippen LogP contribution in [0.5, 0.6) is 0 Å². The zero-order chi connectivity index (χ0) is 13.4. The number of benzene rings is 1. The van der Waals surface area contributed by atoms with E-state index in [1.165, 1.54) is 7.11 Å². The maximum absolute atomic E-state index is 11.8. The van der Waals surface area contributed by atoms with Gasteiger partial charge >= 0.3 is 0 Å². The number of carbonyl (C=O) groups excluding carboxylic acids is 1. The fourth-order valence-corrected chi connectivity index (χ4v) is 2.73. The standard InChI is InChI=1S/C12H17NO4S/c1-17-8-7-13-12(14)10-18(15,16)9-11-5-3-2-4-6-11/h2-6H,7-10H2,1H3,(H,13,14). The van der Waals surface area contributed by atoms with Crippen molar-refractivity contribution in [3.05, 3.63) is 35.9 Å². The maximum atomic E-state index is 11.8. The predicted octanol–water partition coefficient (Wildman–Crippen LogP) is 0.364. The van der Waals surface area contributed by atoms with E-state index in [-0.39, 0.29) is 5.75 Å². The van der Waals surface area contributed by atoms with Crippen LogP contribution >= 0.6 is 0 Å². The van der Waals surface area contributed by atoms with Gasteiger partial charge in [-0.2, -0.15) is 0 Å². The van der Waals surface area contributed by atoms with Gasteiger partial charge in [0.1, 0.15) is 5.75 Å². The van der Waals surface area contributed by atoms with Crippen LogP contribution in [0.15, 0.2) is 30.3 Å². The van der Waals surface area contributed by atoms with Gasteiger partial charge in [0.05, 0.1) is 12.4 Å². The van der Waals surface area contributed by atoms with Gasteiger partial charge in [0.15, 0.2) is 9.84 Å². The minimum Gasteiger partial charge on any atom is -0.383 e. The summed E-state index contributed by atoms with van der Waals surface area (Å²) in [6.07, 6.45) is 0. The quantitative estimate of drug-likeness (QED) is 0.727. The van der Waals surface area contributed by atoms with Crippen molar-refractivity contribution in [3.8, 4) is 0 Å². The molecule has 0 aliphatic rings. The Balaban J connectivity index is 2.47. The highest BCUT2D eigenvalue weighted by Crippen LogP contribution is 2.05. The van der Waals surface area contributed by atoms with Gasteiger partial charge in [0.25, 0.3) is 0 Å². The Morgan fingerprint density at radius 1 is 1.28 bits per heavy atom. The Kier molecular flexibility index (Phi) is 5.80. The first-order chi connectivity index (χ1) is 8.53. The van der Waals surface area contributed by atoms with E-state index >= 15 is 0 Å². The monoisotopic (exact) mass is 271 g/mol. The summed E-state index contributed by atoms with van der Waals surface area (Å²) in [5.74, 6) is -1.11. The Morgan fingerprint density at radius 2 is 1.94 bits per heavy atom.